The van der Waals surface area contributed by atoms with Crippen LogP contribution < -0.4 is 5.32 Å². The molecule has 2 aliphatic heterocycles. The molecule has 2 fully saturated rings. The van der Waals surface area contributed by atoms with Crippen LogP contribution in [0.2, 0.25) is 5.02 Å². The van der Waals surface area contributed by atoms with Gasteiger partial charge in [0.05, 0.1) is 6.10 Å². The van der Waals surface area contributed by atoms with Gasteiger partial charge < -0.3 is 19.9 Å². The van der Waals surface area contributed by atoms with Gasteiger partial charge in [-0.1, -0.05) is 11.6 Å². The van der Waals surface area contributed by atoms with Gasteiger partial charge in [-0.2, -0.15) is 0 Å². The second-order valence-electron chi connectivity index (χ2n) is 6.77. The molecule has 1 aromatic carbocycles. The number of amides is 2. The van der Waals surface area contributed by atoms with E-state index in [0.29, 0.717) is 30.1 Å². The molecule has 2 aliphatic rings. The highest BCUT2D eigenvalue weighted by molar-refractivity contribution is 6.30. The van der Waals surface area contributed by atoms with Crippen molar-refractivity contribution in [3.05, 3.63) is 34.9 Å². The summed E-state index contributed by atoms with van der Waals surface area (Å²) in [7, 11) is 0. The molecule has 1 unspecified atom stereocenters. The lowest BCUT2D eigenvalue weighted by Crippen LogP contribution is -2.47. The van der Waals surface area contributed by atoms with Gasteiger partial charge in [0.25, 0.3) is 5.91 Å². The fraction of sp³-hybridized carbons (Fsp3) is 0.579. The molecule has 0 radical (unpaired) electrons. The average molecular weight is 380 g/mol. The lowest BCUT2D eigenvalue weighted by molar-refractivity contribution is -0.132. The van der Waals surface area contributed by atoms with Crippen LogP contribution in [-0.2, 0) is 9.53 Å². The van der Waals surface area contributed by atoms with Crippen LogP contribution in [0.3, 0.4) is 0 Å². The first-order valence-corrected chi connectivity index (χ1v) is 9.66. The van der Waals surface area contributed by atoms with Gasteiger partial charge in [-0.25, -0.2) is 0 Å². The predicted molar refractivity (Wildman–Crippen MR) is 100 cm³/mol. The van der Waals surface area contributed by atoms with E-state index in [1.807, 2.05) is 4.90 Å². The Labute approximate surface area is 159 Å². The van der Waals surface area contributed by atoms with Crippen molar-refractivity contribution < 1.29 is 14.3 Å². The van der Waals surface area contributed by atoms with E-state index in [0.717, 1.165) is 45.6 Å². The molecule has 1 aromatic rings. The molecule has 2 heterocycles. The molecular formula is C19H26ClN3O3. The van der Waals surface area contributed by atoms with Crippen LogP contribution in [0.5, 0.6) is 0 Å². The average Bonchev–Trinajstić information content (AvgIpc) is 3.19. The monoisotopic (exact) mass is 379 g/mol. The Hall–Kier alpha value is -1.63. The number of carbonyl (C=O) groups is 2. The molecule has 0 bridgehead atoms. The van der Waals surface area contributed by atoms with Crippen LogP contribution >= 0.6 is 11.6 Å². The molecule has 1 atom stereocenters. The number of halogens is 1. The highest BCUT2D eigenvalue weighted by atomic mass is 35.5. The quantitative estimate of drug-likeness (QED) is 0.818. The topological polar surface area (TPSA) is 61.9 Å². The number of nitrogens with zero attached hydrogens (tertiary/aromatic N) is 2. The number of nitrogens with one attached hydrogen (secondary N) is 1. The SMILES string of the molecule is O=C(CCN(CC1CCCO1)C(=O)c1ccc(Cl)cc1)N1CCNCC1. The van der Waals surface area contributed by atoms with Crippen LogP contribution in [-0.4, -0.2) is 73.6 Å². The standard InChI is InChI=1S/C19H26ClN3O3/c20-16-5-3-15(4-6-16)19(25)23(14-17-2-1-13-26-17)10-7-18(24)22-11-8-21-9-12-22/h3-6,17,21H,1-2,7-14H2. The Balaban J connectivity index is 1.63. The number of benzene rings is 1. The summed E-state index contributed by atoms with van der Waals surface area (Å²) in [4.78, 5) is 29.0. The lowest BCUT2D eigenvalue weighted by Gasteiger charge is -2.30. The van der Waals surface area contributed by atoms with Crippen molar-refractivity contribution in [1.29, 1.82) is 0 Å². The van der Waals surface area contributed by atoms with Crippen LogP contribution in [0.1, 0.15) is 29.6 Å². The first kappa shape index (κ1) is 19.1. The summed E-state index contributed by atoms with van der Waals surface area (Å²) >= 11 is 5.92. The number of hydrogen-bond acceptors (Lipinski definition) is 4. The summed E-state index contributed by atoms with van der Waals surface area (Å²) in [5.74, 6) is 0.0259. The summed E-state index contributed by atoms with van der Waals surface area (Å²) < 4.78 is 5.69. The smallest absolute Gasteiger partial charge is 0.253 e. The molecule has 0 aromatic heterocycles. The van der Waals surface area contributed by atoms with Crippen LogP contribution in [0.25, 0.3) is 0 Å². The van der Waals surface area contributed by atoms with E-state index in [9.17, 15) is 9.59 Å². The van der Waals surface area contributed by atoms with Crippen LogP contribution in [0.4, 0.5) is 0 Å². The van der Waals surface area contributed by atoms with Gasteiger partial charge in [-0.05, 0) is 37.1 Å². The zero-order chi connectivity index (χ0) is 18.4. The van der Waals surface area contributed by atoms with Crippen molar-refractivity contribution >= 4 is 23.4 Å². The summed E-state index contributed by atoms with van der Waals surface area (Å²) in [6, 6.07) is 6.88. The number of rotatable bonds is 6. The van der Waals surface area contributed by atoms with Gasteiger partial charge >= 0.3 is 0 Å². The molecule has 1 N–H and O–H groups in total. The van der Waals surface area contributed by atoms with E-state index >= 15 is 0 Å². The van der Waals surface area contributed by atoms with Gasteiger partial charge in [0.15, 0.2) is 0 Å². The second kappa shape index (κ2) is 9.35. The minimum absolute atomic E-state index is 0.0561. The molecule has 2 saturated heterocycles. The Morgan fingerprint density at radius 1 is 1.23 bits per heavy atom. The molecule has 2 amide bonds. The zero-order valence-electron chi connectivity index (χ0n) is 15.0. The van der Waals surface area contributed by atoms with Gasteiger partial charge in [0.1, 0.15) is 0 Å². The first-order chi connectivity index (χ1) is 12.6. The Kier molecular flexibility index (Phi) is 6.88. The van der Waals surface area contributed by atoms with E-state index in [2.05, 4.69) is 5.32 Å². The van der Waals surface area contributed by atoms with Crippen molar-refractivity contribution in [1.82, 2.24) is 15.1 Å². The maximum absolute atomic E-state index is 12.9. The number of carbonyl (C=O) groups excluding carboxylic acids is 2. The van der Waals surface area contributed by atoms with Crippen LogP contribution in [0.15, 0.2) is 24.3 Å². The molecule has 142 valence electrons. The first-order valence-electron chi connectivity index (χ1n) is 9.28. The van der Waals surface area contributed by atoms with E-state index in [-0.39, 0.29) is 17.9 Å². The largest absolute Gasteiger partial charge is 0.376 e. The number of piperazine rings is 1. The molecule has 3 rings (SSSR count). The lowest BCUT2D eigenvalue weighted by atomic mass is 10.1. The molecule has 0 aliphatic carbocycles. The van der Waals surface area contributed by atoms with Crippen molar-refractivity contribution in [2.75, 3.05) is 45.9 Å². The van der Waals surface area contributed by atoms with E-state index in [4.69, 9.17) is 16.3 Å². The predicted octanol–water partition coefficient (Wildman–Crippen LogP) is 1.78. The second-order valence-corrected chi connectivity index (χ2v) is 7.21. The van der Waals surface area contributed by atoms with Gasteiger partial charge in [-0.15, -0.1) is 0 Å². The molecule has 7 heteroatoms. The van der Waals surface area contributed by atoms with Gasteiger partial charge in [-0.3, -0.25) is 9.59 Å². The highest BCUT2D eigenvalue weighted by Gasteiger charge is 2.25. The molecule has 6 nitrogen and oxygen atoms in total. The summed E-state index contributed by atoms with van der Waals surface area (Å²) in [5.41, 5.74) is 0.585. The van der Waals surface area contributed by atoms with E-state index < -0.39 is 0 Å². The van der Waals surface area contributed by atoms with Gasteiger partial charge in [0.2, 0.25) is 5.91 Å². The third-order valence-electron chi connectivity index (χ3n) is 4.89. The minimum Gasteiger partial charge on any atom is -0.376 e. The maximum atomic E-state index is 12.9. The van der Waals surface area contributed by atoms with Crippen molar-refractivity contribution in [3.63, 3.8) is 0 Å². The molecule has 0 spiro atoms. The summed E-state index contributed by atoms with van der Waals surface area (Å²) in [5, 5.41) is 3.84. The normalized spacial score (nSPS) is 20.2. The molecule has 26 heavy (non-hydrogen) atoms. The molecular weight excluding hydrogens is 354 g/mol. The van der Waals surface area contributed by atoms with Gasteiger partial charge in [0, 0.05) is 62.9 Å². The maximum Gasteiger partial charge on any atom is 0.253 e. The molecule has 0 saturated carbocycles. The Morgan fingerprint density at radius 3 is 2.62 bits per heavy atom. The van der Waals surface area contributed by atoms with E-state index in [1.165, 1.54) is 0 Å². The minimum atomic E-state index is -0.0784. The third kappa shape index (κ3) is 5.19. The Morgan fingerprint density at radius 2 is 1.96 bits per heavy atom. The summed E-state index contributed by atoms with van der Waals surface area (Å²) in [6.07, 6.45) is 2.37. The number of ether oxygens (including phenoxy) is 1. The fourth-order valence-electron chi connectivity index (χ4n) is 3.39. The Bertz CT molecular complexity index is 611. The van der Waals surface area contributed by atoms with Crippen molar-refractivity contribution in [2.45, 2.75) is 25.4 Å². The third-order valence-corrected chi connectivity index (χ3v) is 5.14. The van der Waals surface area contributed by atoms with Crippen molar-refractivity contribution in [2.24, 2.45) is 0 Å². The van der Waals surface area contributed by atoms with Crippen molar-refractivity contribution in [3.8, 4) is 0 Å². The zero-order valence-corrected chi connectivity index (χ0v) is 15.7. The highest BCUT2D eigenvalue weighted by Crippen LogP contribution is 2.17. The van der Waals surface area contributed by atoms with E-state index in [1.54, 1.807) is 29.2 Å². The number of hydrogen-bond donors (Lipinski definition) is 1. The van der Waals surface area contributed by atoms with Crippen LogP contribution in [0, 0.1) is 0 Å². The summed E-state index contributed by atoms with van der Waals surface area (Å²) in [6.45, 7) is 4.79. The fourth-order valence-corrected chi connectivity index (χ4v) is 3.51.